The van der Waals surface area contributed by atoms with Crippen molar-refractivity contribution < 1.29 is 18.9 Å². The number of ether oxygens (including phenoxy) is 4. The molecular weight excluding hydrogens is 208 g/mol. The molecule has 1 saturated heterocycles. The number of hydrogen-bond acceptors (Lipinski definition) is 4. The minimum absolute atomic E-state index is 0.162. The molecule has 1 rings (SSSR count). The minimum atomic E-state index is -0.931. The number of rotatable bonds is 3. The van der Waals surface area contributed by atoms with Gasteiger partial charge in [0, 0.05) is 14.2 Å². The zero-order valence-electron chi connectivity index (χ0n) is 9.00. The van der Waals surface area contributed by atoms with Gasteiger partial charge in [-0.2, -0.15) is 0 Å². The van der Waals surface area contributed by atoms with Crippen molar-refractivity contribution in [3.8, 4) is 0 Å². The van der Waals surface area contributed by atoms with Crippen LogP contribution in [0.2, 0.25) is 0 Å². The van der Waals surface area contributed by atoms with Crippen LogP contribution in [-0.2, 0) is 18.9 Å². The maximum atomic E-state index is 5.70. The van der Waals surface area contributed by atoms with Crippen LogP contribution in [-0.4, -0.2) is 44.4 Å². The molecule has 0 unspecified atom stereocenters. The SMILES string of the molecule is CO[C@]1(C)OC[C@H](CCl)O[C@@]1(C)OC. The lowest BCUT2D eigenvalue weighted by molar-refractivity contribution is -0.428. The second kappa shape index (κ2) is 4.33. The third-order valence-corrected chi connectivity index (χ3v) is 3.06. The molecule has 3 atom stereocenters. The Bertz CT molecular complexity index is 201. The quantitative estimate of drug-likeness (QED) is 0.679. The Morgan fingerprint density at radius 3 is 2.29 bits per heavy atom. The van der Waals surface area contributed by atoms with E-state index in [0.717, 1.165) is 0 Å². The van der Waals surface area contributed by atoms with Gasteiger partial charge in [-0.15, -0.1) is 11.6 Å². The van der Waals surface area contributed by atoms with Crippen LogP contribution in [0.4, 0.5) is 0 Å². The monoisotopic (exact) mass is 224 g/mol. The van der Waals surface area contributed by atoms with Crippen LogP contribution in [0.25, 0.3) is 0 Å². The molecule has 0 aromatic carbocycles. The van der Waals surface area contributed by atoms with Crippen LogP contribution in [0.3, 0.4) is 0 Å². The van der Waals surface area contributed by atoms with Gasteiger partial charge in [-0.25, -0.2) is 0 Å². The molecule has 0 radical (unpaired) electrons. The summed E-state index contributed by atoms with van der Waals surface area (Å²) in [6.07, 6.45) is -0.162. The summed E-state index contributed by atoms with van der Waals surface area (Å²) in [6, 6.07) is 0. The van der Waals surface area contributed by atoms with Crippen LogP contribution < -0.4 is 0 Å². The maximum absolute atomic E-state index is 5.70. The van der Waals surface area contributed by atoms with Crippen molar-refractivity contribution >= 4 is 11.6 Å². The number of alkyl halides is 1. The van der Waals surface area contributed by atoms with E-state index >= 15 is 0 Å². The highest BCUT2D eigenvalue weighted by molar-refractivity contribution is 6.18. The normalized spacial score (nSPS) is 43.9. The predicted molar refractivity (Wildman–Crippen MR) is 52.4 cm³/mol. The molecule has 84 valence electrons. The van der Waals surface area contributed by atoms with E-state index in [1.165, 1.54) is 0 Å². The molecular formula is C9H17ClO4. The zero-order valence-corrected chi connectivity index (χ0v) is 9.76. The Morgan fingerprint density at radius 1 is 1.29 bits per heavy atom. The highest BCUT2D eigenvalue weighted by Crippen LogP contribution is 2.36. The average Bonchev–Trinajstić information content (AvgIpc) is 2.22. The Labute approximate surface area is 89.4 Å². The number of methoxy groups -OCH3 is 2. The van der Waals surface area contributed by atoms with E-state index in [2.05, 4.69) is 0 Å². The smallest absolute Gasteiger partial charge is 0.220 e. The highest BCUT2D eigenvalue weighted by atomic mass is 35.5. The molecule has 0 N–H and O–H groups in total. The summed E-state index contributed by atoms with van der Waals surface area (Å²) in [6.45, 7) is 3.96. The summed E-state index contributed by atoms with van der Waals surface area (Å²) in [5, 5.41) is 0. The first kappa shape index (κ1) is 12.2. The molecule has 0 spiro atoms. The van der Waals surface area contributed by atoms with Gasteiger partial charge < -0.3 is 18.9 Å². The molecule has 1 fully saturated rings. The molecule has 14 heavy (non-hydrogen) atoms. The molecule has 1 heterocycles. The Balaban J connectivity index is 2.81. The Morgan fingerprint density at radius 2 is 1.86 bits per heavy atom. The van der Waals surface area contributed by atoms with Crippen molar-refractivity contribution in [2.75, 3.05) is 26.7 Å². The van der Waals surface area contributed by atoms with Crippen LogP contribution >= 0.6 is 11.6 Å². The maximum Gasteiger partial charge on any atom is 0.220 e. The van der Waals surface area contributed by atoms with E-state index in [1.807, 2.05) is 0 Å². The molecule has 5 heteroatoms. The Hall–Kier alpha value is 0.130. The summed E-state index contributed by atoms with van der Waals surface area (Å²) in [7, 11) is 3.11. The first-order valence-electron chi connectivity index (χ1n) is 4.49. The van der Waals surface area contributed by atoms with Crippen LogP contribution in [0, 0.1) is 0 Å². The lowest BCUT2D eigenvalue weighted by Crippen LogP contribution is -2.62. The van der Waals surface area contributed by atoms with Gasteiger partial charge in [0.2, 0.25) is 11.6 Å². The van der Waals surface area contributed by atoms with Crippen molar-refractivity contribution in [2.45, 2.75) is 31.5 Å². The van der Waals surface area contributed by atoms with E-state index in [-0.39, 0.29) is 6.10 Å². The van der Waals surface area contributed by atoms with Gasteiger partial charge in [0.05, 0.1) is 18.6 Å². The van der Waals surface area contributed by atoms with Gasteiger partial charge in [0.25, 0.3) is 0 Å². The molecule has 4 nitrogen and oxygen atoms in total. The van der Waals surface area contributed by atoms with Gasteiger partial charge in [0.15, 0.2) is 0 Å². The van der Waals surface area contributed by atoms with Crippen LogP contribution in [0.5, 0.6) is 0 Å². The molecule has 1 aliphatic rings. The third-order valence-electron chi connectivity index (χ3n) is 2.71. The number of halogens is 1. The second-order valence-electron chi connectivity index (χ2n) is 3.50. The van der Waals surface area contributed by atoms with E-state index in [0.29, 0.717) is 12.5 Å². The predicted octanol–water partition coefficient (Wildman–Crippen LogP) is 1.37. The van der Waals surface area contributed by atoms with Crippen molar-refractivity contribution in [1.29, 1.82) is 0 Å². The molecule has 0 aliphatic carbocycles. The van der Waals surface area contributed by atoms with Gasteiger partial charge >= 0.3 is 0 Å². The van der Waals surface area contributed by atoms with E-state index in [4.69, 9.17) is 30.5 Å². The van der Waals surface area contributed by atoms with Gasteiger partial charge in [0.1, 0.15) is 0 Å². The topological polar surface area (TPSA) is 36.9 Å². The van der Waals surface area contributed by atoms with E-state index in [1.54, 1.807) is 28.1 Å². The summed E-state index contributed by atoms with van der Waals surface area (Å²) in [5.41, 5.74) is 0. The molecule has 0 aromatic rings. The van der Waals surface area contributed by atoms with Crippen molar-refractivity contribution in [3.05, 3.63) is 0 Å². The fourth-order valence-corrected chi connectivity index (χ4v) is 1.55. The van der Waals surface area contributed by atoms with Crippen LogP contribution in [0.1, 0.15) is 13.8 Å². The first-order valence-corrected chi connectivity index (χ1v) is 5.03. The summed E-state index contributed by atoms with van der Waals surface area (Å²) < 4.78 is 21.8. The molecule has 0 saturated carbocycles. The van der Waals surface area contributed by atoms with Gasteiger partial charge in [-0.05, 0) is 13.8 Å². The summed E-state index contributed by atoms with van der Waals surface area (Å²) in [5.74, 6) is -1.46. The van der Waals surface area contributed by atoms with E-state index < -0.39 is 11.6 Å². The second-order valence-corrected chi connectivity index (χ2v) is 3.81. The lowest BCUT2D eigenvalue weighted by atomic mass is 10.1. The van der Waals surface area contributed by atoms with Crippen molar-refractivity contribution in [3.63, 3.8) is 0 Å². The molecule has 0 bridgehead atoms. The third kappa shape index (κ3) is 1.90. The fraction of sp³-hybridized carbons (Fsp3) is 1.00. The highest BCUT2D eigenvalue weighted by Gasteiger charge is 2.53. The van der Waals surface area contributed by atoms with Gasteiger partial charge in [-0.1, -0.05) is 0 Å². The standard InChI is InChI=1S/C9H17ClO4/c1-8(11-3)9(2,12-4)14-7(5-10)6-13-8/h7H,5-6H2,1-4H3/t7-,8+,9+/m0/s1. The average molecular weight is 225 g/mol. The lowest BCUT2D eigenvalue weighted by Gasteiger charge is -2.48. The van der Waals surface area contributed by atoms with Crippen molar-refractivity contribution in [1.82, 2.24) is 0 Å². The molecule has 1 aliphatic heterocycles. The molecule has 0 amide bonds. The first-order chi connectivity index (χ1) is 6.51. The summed E-state index contributed by atoms with van der Waals surface area (Å²) >= 11 is 5.70. The fourth-order valence-electron chi connectivity index (χ4n) is 1.40. The summed E-state index contributed by atoms with van der Waals surface area (Å²) in [4.78, 5) is 0. The zero-order chi connectivity index (χ0) is 10.8. The van der Waals surface area contributed by atoms with Gasteiger partial charge in [-0.3, -0.25) is 0 Å². The Kier molecular flexibility index (Phi) is 3.77. The number of hydrogen-bond donors (Lipinski definition) is 0. The van der Waals surface area contributed by atoms with Crippen molar-refractivity contribution in [2.24, 2.45) is 0 Å². The minimum Gasteiger partial charge on any atom is -0.349 e. The van der Waals surface area contributed by atoms with E-state index in [9.17, 15) is 0 Å². The largest absolute Gasteiger partial charge is 0.349 e. The van der Waals surface area contributed by atoms with Crippen LogP contribution in [0.15, 0.2) is 0 Å². The molecule has 0 aromatic heterocycles.